The van der Waals surface area contributed by atoms with Gasteiger partial charge in [-0.3, -0.25) is 0 Å². The first-order valence-electron chi connectivity index (χ1n) is 5.82. The van der Waals surface area contributed by atoms with E-state index in [4.69, 9.17) is 4.74 Å². The fourth-order valence-corrected chi connectivity index (χ4v) is 1.99. The first kappa shape index (κ1) is 10.5. The first-order valence-corrected chi connectivity index (χ1v) is 5.82. The zero-order chi connectivity index (χ0) is 10.5. The van der Waals surface area contributed by atoms with Gasteiger partial charge in [0.15, 0.2) is 0 Å². The van der Waals surface area contributed by atoms with Gasteiger partial charge in [-0.15, -0.1) is 0 Å². The van der Waals surface area contributed by atoms with Crippen molar-refractivity contribution in [3.8, 4) is 0 Å². The van der Waals surface area contributed by atoms with Gasteiger partial charge in [0.1, 0.15) is 0 Å². The van der Waals surface area contributed by atoms with Crippen molar-refractivity contribution in [2.75, 3.05) is 13.2 Å². The van der Waals surface area contributed by atoms with E-state index in [0.29, 0.717) is 5.92 Å². The minimum atomic E-state index is 0.145. The maximum Gasteiger partial charge on any atom is 0.0960 e. The van der Waals surface area contributed by atoms with Gasteiger partial charge >= 0.3 is 0 Å². The molecule has 82 valence electrons. The summed E-state index contributed by atoms with van der Waals surface area (Å²) in [5.41, 5.74) is 1.18. The molecule has 2 atom stereocenters. The number of ether oxygens (including phenoxy) is 1. The normalized spacial score (nSPS) is 35.7. The molecule has 15 heavy (non-hydrogen) atoms. The molecule has 1 aliphatic heterocycles. The van der Waals surface area contributed by atoms with E-state index in [0.717, 1.165) is 19.6 Å². The molecule has 0 saturated carbocycles. The van der Waals surface area contributed by atoms with Crippen LogP contribution in [0.1, 0.15) is 19.8 Å². The van der Waals surface area contributed by atoms with Crippen LogP contribution in [-0.4, -0.2) is 19.3 Å². The van der Waals surface area contributed by atoms with Crippen LogP contribution in [0, 0.1) is 5.92 Å². The standard InChI is InChI=1S/C13H19NO/c1-2-14-12-7-5-11-4-3-9-15-13(10-12)8-6-11/h5-8,10-11,13-14H,2-4,9H2,1H3/b7-5-,8-6?,12-10-. The number of nitrogens with one attached hydrogen (secondary N) is 1. The molecule has 1 N–H and O–H groups in total. The van der Waals surface area contributed by atoms with Crippen molar-refractivity contribution in [3.63, 3.8) is 0 Å². The summed E-state index contributed by atoms with van der Waals surface area (Å²) in [6, 6.07) is 0. The topological polar surface area (TPSA) is 21.3 Å². The van der Waals surface area contributed by atoms with Crippen LogP contribution in [0.4, 0.5) is 0 Å². The lowest BCUT2D eigenvalue weighted by molar-refractivity contribution is 0.106. The van der Waals surface area contributed by atoms with Crippen molar-refractivity contribution in [2.24, 2.45) is 5.92 Å². The molecular weight excluding hydrogens is 186 g/mol. The van der Waals surface area contributed by atoms with E-state index in [2.05, 4.69) is 42.6 Å². The minimum absolute atomic E-state index is 0.145. The van der Waals surface area contributed by atoms with Crippen LogP contribution >= 0.6 is 0 Å². The van der Waals surface area contributed by atoms with Crippen LogP contribution in [0.15, 0.2) is 36.1 Å². The zero-order valence-electron chi connectivity index (χ0n) is 9.28. The average molecular weight is 205 g/mol. The Balaban J connectivity index is 2.19. The van der Waals surface area contributed by atoms with Gasteiger partial charge in [0.2, 0.25) is 0 Å². The third kappa shape index (κ3) is 2.96. The largest absolute Gasteiger partial charge is 0.386 e. The van der Waals surface area contributed by atoms with Crippen molar-refractivity contribution >= 4 is 0 Å². The van der Waals surface area contributed by atoms with Gasteiger partial charge in [0.05, 0.1) is 6.10 Å². The van der Waals surface area contributed by atoms with Gasteiger partial charge in [-0.05, 0) is 37.8 Å². The van der Waals surface area contributed by atoms with Gasteiger partial charge in [-0.1, -0.05) is 18.2 Å². The Morgan fingerprint density at radius 1 is 1.40 bits per heavy atom. The maximum atomic E-state index is 5.75. The maximum absolute atomic E-state index is 5.75. The Morgan fingerprint density at radius 2 is 2.33 bits per heavy atom. The molecule has 2 unspecified atom stereocenters. The second-order valence-electron chi connectivity index (χ2n) is 4.04. The van der Waals surface area contributed by atoms with Gasteiger partial charge in [0, 0.05) is 18.8 Å². The van der Waals surface area contributed by atoms with E-state index in [-0.39, 0.29) is 6.10 Å². The quantitative estimate of drug-likeness (QED) is 0.699. The summed E-state index contributed by atoms with van der Waals surface area (Å²) in [5, 5.41) is 3.35. The van der Waals surface area contributed by atoms with Crippen LogP contribution in [0.2, 0.25) is 0 Å². The molecule has 0 saturated heterocycles. The third-order valence-electron chi connectivity index (χ3n) is 2.79. The molecule has 0 aromatic heterocycles. The average Bonchev–Trinajstić information content (AvgIpc) is 2.19. The summed E-state index contributed by atoms with van der Waals surface area (Å²) in [5.74, 6) is 0.582. The second kappa shape index (κ2) is 5.17. The molecule has 2 bridgehead atoms. The summed E-state index contributed by atoms with van der Waals surface area (Å²) >= 11 is 0. The van der Waals surface area contributed by atoms with Crippen LogP contribution in [0.5, 0.6) is 0 Å². The van der Waals surface area contributed by atoms with E-state index >= 15 is 0 Å². The molecule has 0 aromatic carbocycles. The van der Waals surface area contributed by atoms with Crippen molar-refractivity contribution in [1.29, 1.82) is 0 Å². The molecule has 1 aliphatic carbocycles. The molecule has 2 nitrogen and oxygen atoms in total. The molecular formula is C13H19NO. The lowest BCUT2D eigenvalue weighted by Gasteiger charge is -2.20. The van der Waals surface area contributed by atoms with E-state index in [1.165, 1.54) is 12.1 Å². The molecule has 0 aromatic rings. The highest BCUT2D eigenvalue weighted by Gasteiger charge is 2.11. The lowest BCUT2D eigenvalue weighted by Crippen LogP contribution is -2.19. The van der Waals surface area contributed by atoms with Crippen LogP contribution in [-0.2, 0) is 4.74 Å². The van der Waals surface area contributed by atoms with Gasteiger partial charge in [0.25, 0.3) is 0 Å². The summed E-state index contributed by atoms with van der Waals surface area (Å²) in [4.78, 5) is 0. The third-order valence-corrected chi connectivity index (χ3v) is 2.79. The van der Waals surface area contributed by atoms with Crippen LogP contribution in [0.25, 0.3) is 0 Å². The predicted octanol–water partition coefficient (Wildman–Crippen LogP) is 2.40. The van der Waals surface area contributed by atoms with Gasteiger partial charge in [-0.2, -0.15) is 0 Å². The number of fused-ring (bicyclic) bond motifs is 2. The summed E-state index contributed by atoms with van der Waals surface area (Å²) in [7, 11) is 0. The highest BCUT2D eigenvalue weighted by molar-refractivity contribution is 5.25. The molecule has 0 fully saturated rings. The van der Waals surface area contributed by atoms with Crippen LogP contribution in [0.3, 0.4) is 0 Å². The number of allylic oxidation sites excluding steroid dienone is 3. The fourth-order valence-electron chi connectivity index (χ4n) is 1.99. The highest BCUT2D eigenvalue weighted by atomic mass is 16.5. The van der Waals surface area contributed by atoms with Crippen molar-refractivity contribution in [2.45, 2.75) is 25.9 Å². The number of hydrogen-bond donors (Lipinski definition) is 1. The Hall–Kier alpha value is -1.02. The summed E-state index contributed by atoms with van der Waals surface area (Å²) in [6.07, 6.45) is 13.5. The Morgan fingerprint density at radius 3 is 3.20 bits per heavy atom. The van der Waals surface area contributed by atoms with Gasteiger partial charge in [-0.25, -0.2) is 0 Å². The van der Waals surface area contributed by atoms with Crippen molar-refractivity contribution in [3.05, 3.63) is 36.1 Å². The van der Waals surface area contributed by atoms with E-state index in [1.54, 1.807) is 0 Å². The number of likely N-dealkylation sites (N-methyl/N-ethyl adjacent to an activating group) is 1. The second-order valence-corrected chi connectivity index (χ2v) is 4.04. The first-order chi connectivity index (χ1) is 7.38. The minimum Gasteiger partial charge on any atom is -0.386 e. The van der Waals surface area contributed by atoms with E-state index in [9.17, 15) is 0 Å². The lowest BCUT2D eigenvalue weighted by atomic mass is 9.98. The predicted molar refractivity (Wildman–Crippen MR) is 62.5 cm³/mol. The summed E-state index contributed by atoms with van der Waals surface area (Å²) < 4.78 is 5.75. The molecule has 0 radical (unpaired) electrons. The van der Waals surface area contributed by atoms with Gasteiger partial charge < -0.3 is 10.1 Å². The zero-order valence-corrected chi connectivity index (χ0v) is 9.28. The van der Waals surface area contributed by atoms with E-state index < -0.39 is 0 Å². The highest BCUT2D eigenvalue weighted by Crippen LogP contribution is 2.19. The molecule has 1 heterocycles. The molecule has 2 heteroatoms. The van der Waals surface area contributed by atoms with Crippen molar-refractivity contribution in [1.82, 2.24) is 5.32 Å². The SMILES string of the molecule is CCNC1=C\C2C=CC(/C=C\1)CCCO2. The Bertz CT molecular complexity index is 291. The fraction of sp³-hybridized carbons (Fsp3) is 0.538. The Kier molecular flexibility index (Phi) is 3.62. The Labute approximate surface area is 91.7 Å². The van der Waals surface area contributed by atoms with Crippen LogP contribution < -0.4 is 5.32 Å². The van der Waals surface area contributed by atoms with E-state index in [1.807, 2.05) is 0 Å². The number of rotatable bonds is 2. The van der Waals surface area contributed by atoms with Crippen molar-refractivity contribution < 1.29 is 4.74 Å². The monoisotopic (exact) mass is 205 g/mol. The smallest absolute Gasteiger partial charge is 0.0960 e. The molecule has 0 spiro atoms. The molecule has 2 rings (SSSR count). The molecule has 0 amide bonds. The number of hydrogen-bond acceptors (Lipinski definition) is 2. The summed E-state index contributed by atoms with van der Waals surface area (Å²) in [6.45, 7) is 3.94. The molecule has 2 aliphatic rings.